The molecule has 2 amide bonds. The molecule has 2 N–H and O–H groups in total. The molecule has 0 saturated carbocycles. The van der Waals surface area contributed by atoms with Crippen LogP contribution < -0.4 is 10.6 Å². The molecule has 35 heavy (non-hydrogen) atoms. The van der Waals surface area contributed by atoms with Crippen LogP contribution in [0.5, 0.6) is 0 Å². The number of nitrogens with zero attached hydrogens (tertiary/aromatic N) is 3. The number of amides is 2. The van der Waals surface area contributed by atoms with E-state index in [0.29, 0.717) is 43.7 Å². The third-order valence-electron chi connectivity index (χ3n) is 4.91. The lowest BCUT2D eigenvalue weighted by Gasteiger charge is -2.20. The lowest BCUT2D eigenvalue weighted by Crippen LogP contribution is -2.31. The van der Waals surface area contributed by atoms with Crippen molar-refractivity contribution in [3.05, 3.63) is 67.9 Å². The monoisotopic (exact) mass is 573 g/mol. The highest BCUT2D eigenvalue weighted by atomic mass is 35.5. The Bertz CT molecular complexity index is 1230. The molecule has 0 aliphatic heterocycles. The van der Waals surface area contributed by atoms with E-state index in [-0.39, 0.29) is 28.5 Å². The van der Waals surface area contributed by atoms with Gasteiger partial charge in [0, 0.05) is 17.1 Å². The van der Waals surface area contributed by atoms with Gasteiger partial charge in [-0.1, -0.05) is 72.0 Å². The molecule has 1 atom stereocenters. The van der Waals surface area contributed by atoms with Crippen molar-refractivity contribution in [3.63, 3.8) is 0 Å². The molecule has 0 radical (unpaired) electrons. The fraction of sp³-hybridized carbons (Fsp3) is 0.304. The topological polar surface area (TPSA) is 88.9 Å². The van der Waals surface area contributed by atoms with E-state index in [1.165, 1.54) is 17.8 Å². The van der Waals surface area contributed by atoms with Crippen LogP contribution >= 0.6 is 58.2 Å². The van der Waals surface area contributed by atoms with Crippen LogP contribution in [-0.2, 0) is 11.8 Å². The van der Waals surface area contributed by atoms with E-state index in [1.54, 1.807) is 41.9 Å². The molecular weight excluding hydrogens is 552 g/mol. The quantitative estimate of drug-likeness (QED) is 0.278. The molecule has 7 nitrogen and oxygen atoms in total. The maximum absolute atomic E-state index is 12.9. The van der Waals surface area contributed by atoms with Gasteiger partial charge in [-0.05, 0) is 48.7 Å². The summed E-state index contributed by atoms with van der Waals surface area (Å²) in [5.41, 5.74) is 0.792. The van der Waals surface area contributed by atoms with E-state index in [9.17, 15) is 9.59 Å². The fourth-order valence-corrected chi connectivity index (χ4v) is 4.94. The lowest BCUT2D eigenvalue weighted by atomic mass is 10.0. The average molecular weight is 575 g/mol. The predicted octanol–water partition coefficient (Wildman–Crippen LogP) is 6.68. The molecule has 0 spiro atoms. The van der Waals surface area contributed by atoms with E-state index in [1.807, 2.05) is 13.8 Å². The molecule has 0 aliphatic carbocycles. The van der Waals surface area contributed by atoms with Gasteiger partial charge in [-0.2, -0.15) is 0 Å². The third kappa shape index (κ3) is 7.51. The zero-order chi connectivity index (χ0) is 25.7. The summed E-state index contributed by atoms with van der Waals surface area (Å²) >= 11 is 25.4. The van der Waals surface area contributed by atoms with Crippen molar-refractivity contribution >= 4 is 75.7 Å². The van der Waals surface area contributed by atoms with Gasteiger partial charge in [-0.15, -0.1) is 10.2 Å². The summed E-state index contributed by atoms with van der Waals surface area (Å²) < 4.78 is 1.77. The number of carbonyl (C=O) groups is 2. The Morgan fingerprint density at radius 1 is 1.00 bits per heavy atom. The van der Waals surface area contributed by atoms with Crippen molar-refractivity contribution in [1.82, 2.24) is 20.1 Å². The number of rotatable bonds is 9. The number of hydrogen-bond acceptors (Lipinski definition) is 5. The molecule has 0 bridgehead atoms. The molecule has 1 heterocycles. The van der Waals surface area contributed by atoms with Gasteiger partial charge in [-0.3, -0.25) is 9.59 Å². The van der Waals surface area contributed by atoms with E-state index >= 15 is 0 Å². The molecule has 186 valence electrons. The van der Waals surface area contributed by atoms with Crippen LogP contribution in [0, 0.1) is 5.92 Å². The van der Waals surface area contributed by atoms with Gasteiger partial charge >= 0.3 is 0 Å². The van der Waals surface area contributed by atoms with Gasteiger partial charge in [0.2, 0.25) is 5.91 Å². The molecule has 0 unspecified atom stereocenters. The van der Waals surface area contributed by atoms with Crippen LogP contribution in [0.2, 0.25) is 20.1 Å². The first kappa shape index (κ1) is 27.6. The van der Waals surface area contributed by atoms with E-state index in [4.69, 9.17) is 46.4 Å². The van der Waals surface area contributed by atoms with Crippen LogP contribution in [0.4, 0.5) is 5.69 Å². The second-order valence-electron chi connectivity index (χ2n) is 8.14. The average Bonchev–Trinajstić information content (AvgIpc) is 3.13. The zero-order valence-electron chi connectivity index (χ0n) is 19.1. The van der Waals surface area contributed by atoms with Gasteiger partial charge < -0.3 is 15.2 Å². The number of nitrogens with one attached hydrogen (secondary N) is 2. The minimum atomic E-state index is -0.414. The number of hydrogen-bond donors (Lipinski definition) is 2. The number of benzene rings is 2. The first-order chi connectivity index (χ1) is 16.5. The minimum Gasteiger partial charge on any atom is -0.342 e. The van der Waals surface area contributed by atoms with Gasteiger partial charge in [0.25, 0.3) is 5.91 Å². The van der Waals surface area contributed by atoms with Crippen molar-refractivity contribution in [2.45, 2.75) is 31.5 Å². The Morgan fingerprint density at radius 2 is 1.66 bits per heavy atom. The van der Waals surface area contributed by atoms with E-state index < -0.39 is 6.04 Å². The van der Waals surface area contributed by atoms with Crippen molar-refractivity contribution < 1.29 is 9.59 Å². The number of halogens is 4. The van der Waals surface area contributed by atoms with Crippen LogP contribution in [-0.4, -0.2) is 32.3 Å². The normalized spacial score (nSPS) is 12.0. The molecule has 0 aliphatic rings. The molecule has 1 aromatic heterocycles. The second kappa shape index (κ2) is 12.3. The summed E-state index contributed by atoms with van der Waals surface area (Å²) in [4.78, 5) is 25.3. The highest BCUT2D eigenvalue weighted by Gasteiger charge is 2.24. The summed E-state index contributed by atoms with van der Waals surface area (Å²) in [6, 6.07) is 9.14. The van der Waals surface area contributed by atoms with E-state index in [2.05, 4.69) is 20.8 Å². The molecule has 2 aromatic carbocycles. The number of anilines is 1. The summed E-state index contributed by atoms with van der Waals surface area (Å²) in [6.45, 7) is 4.10. The van der Waals surface area contributed by atoms with E-state index in [0.717, 1.165) is 0 Å². The van der Waals surface area contributed by atoms with Gasteiger partial charge in [0.15, 0.2) is 11.0 Å². The first-order valence-electron chi connectivity index (χ1n) is 10.6. The largest absolute Gasteiger partial charge is 0.342 e. The second-order valence-corrected chi connectivity index (χ2v) is 10.8. The van der Waals surface area contributed by atoms with Crippen molar-refractivity contribution in [3.8, 4) is 0 Å². The summed E-state index contributed by atoms with van der Waals surface area (Å²) in [5.74, 6) is 0.332. The third-order valence-corrected chi connectivity index (χ3v) is 7.02. The molecule has 12 heteroatoms. The first-order valence-corrected chi connectivity index (χ1v) is 13.1. The zero-order valence-corrected chi connectivity index (χ0v) is 23.0. The Labute approximate surface area is 227 Å². The standard InChI is InChI=1S/C23H23Cl4N5O2S/c1-12(2)8-19(29-22(34)15-6-4-13(24)9-16(15)26)21-30-31-23(32(21)3)35-11-20(33)28-18-7-5-14(25)10-17(18)27/h4-7,9-10,12,19H,8,11H2,1-3H3,(H,28,33)(H,29,34)/t19-/m0/s1. The maximum Gasteiger partial charge on any atom is 0.253 e. The Hall–Kier alpha value is -1.97. The number of thioether (sulfide) groups is 1. The Morgan fingerprint density at radius 3 is 2.29 bits per heavy atom. The summed E-state index contributed by atoms with van der Waals surface area (Å²) in [7, 11) is 1.79. The Kier molecular flexibility index (Phi) is 9.72. The molecule has 3 rings (SSSR count). The van der Waals surface area contributed by atoms with Gasteiger partial charge in [0.05, 0.1) is 33.1 Å². The summed E-state index contributed by atoms with van der Waals surface area (Å²) in [5, 5.41) is 16.3. The summed E-state index contributed by atoms with van der Waals surface area (Å²) in [6.07, 6.45) is 0.628. The van der Waals surface area contributed by atoms with Crippen LogP contribution in [0.25, 0.3) is 0 Å². The predicted molar refractivity (Wildman–Crippen MR) is 143 cm³/mol. The fourth-order valence-electron chi connectivity index (χ4n) is 3.27. The number of aromatic nitrogens is 3. The minimum absolute atomic E-state index is 0.0898. The van der Waals surface area contributed by atoms with Crippen LogP contribution in [0.3, 0.4) is 0 Å². The van der Waals surface area contributed by atoms with Gasteiger partial charge in [0.1, 0.15) is 0 Å². The van der Waals surface area contributed by atoms with Gasteiger partial charge in [-0.25, -0.2) is 0 Å². The van der Waals surface area contributed by atoms with Crippen LogP contribution in [0.15, 0.2) is 41.6 Å². The molecular formula is C23H23Cl4N5O2S. The highest BCUT2D eigenvalue weighted by Crippen LogP contribution is 2.28. The smallest absolute Gasteiger partial charge is 0.253 e. The molecule has 0 saturated heterocycles. The van der Waals surface area contributed by atoms with Crippen molar-refractivity contribution in [2.24, 2.45) is 13.0 Å². The van der Waals surface area contributed by atoms with Crippen LogP contribution in [0.1, 0.15) is 42.5 Å². The molecule has 3 aromatic rings. The number of carbonyl (C=O) groups excluding carboxylic acids is 2. The Balaban J connectivity index is 1.70. The van der Waals surface area contributed by atoms with Crippen molar-refractivity contribution in [2.75, 3.05) is 11.1 Å². The lowest BCUT2D eigenvalue weighted by molar-refractivity contribution is -0.113. The maximum atomic E-state index is 12.9. The molecule has 0 fully saturated rings. The van der Waals surface area contributed by atoms with Crippen molar-refractivity contribution in [1.29, 1.82) is 0 Å². The SMILES string of the molecule is CC(C)C[C@H](NC(=O)c1ccc(Cl)cc1Cl)c1nnc(SCC(=O)Nc2ccc(Cl)cc2Cl)n1C. The highest BCUT2D eigenvalue weighted by molar-refractivity contribution is 7.99.